The van der Waals surface area contributed by atoms with Gasteiger partial charge in [0.15, 0.2) is 5.75 Å². The fourth-order valence-corrected chi connectivity index (χ4v) is 2.12. The summed E-state index contributed by atoms with van der Waals surface area (Å²) >= 11 is 11.9. The number of nitrogens with one attached hydrogen (secondary N) is 1. The van der Waals surface area contributed by atoms with Gasteiger partial charge in [0.1, 0.15) is 5.56 Å². The SMILES string of the molecule is CCCCCC(=O)NOC(=O)c1c(Cl)ccc(Cl)c1OC. The molecule has 0 aliphatic rings. The van der Waals surface area contributed by atoms with E-state index in [-0.39, 0.29) is 27.3 Å². The third-order valence-corrected chi connectivity index (χ3v) is 3.34. The molecule has 5 nitrogen and oxygen atoms in total. The summed E-state index contributed by atoms with van der Waals surface area (Å²) in [5, 5.41) is 0.351. The number of carbonyl (C=O) groups is 2. The van der Waals surface area contributed by atoms with Crippen LogP contribution in [0.3, 0.4) is 0 Å². The van der Waals surface area contributed by atoms with Crippen LogP contribution >= 0.6 is 23.2 Å². The molecule has 1 aromatic rings. The van der Waals surface area contributed by atoms with Gasteiger partial charge < -0.3 is 9.57 Å². The fraction of sp³-hybridized carbons (Fsp3) is 0.429. The van der Waals surface area contributed by atoms with E-state index in [0.717, 1.165) is 19.3 Å². The van der Waals surface area contributed by atoms with Gasteiger partial charge in [-0.15, -0.1) is 0 Å². The van der Waals surface area contributed by atoms with E-state index in [9.17, 15) is 9.59 Å². The number of hydrogen-bond acceptors (Lipinski definition) is 4. The van der Waals surface area contributed by atoms with E-state index in [2.05, 4.69) is 5.48 Å². The molecule has 0 saturated carbocycles. The van der Waals surface area contributed by atoms with Gasteiger partial charge in [-0.1, -0.05) is 43.0 Å². The molecular formula is C14H17Cl2NO4. The van der Waals surface area contributed by atoms with Crippen LogP contribution in [0.2, 0.25) is 10.0 Å². The van der Waals surface area contributed by atoms with Crippen molar-refractivity contribution in [1.29, 1.82) is 0 Å². The van der Waals surface area contributed by atoms with E-state index in [1.807, 2.05) is 6.92 Å². The highest BCUT2D eigenvalue weighted by atomic mass is 35.5. The summed E-state index contributed by atoms with van der Waals surface area (Å²) in [5.74, 6) is -1.09. The van der Waals surface area contributed by atoms with Crippen molar-refractivity contribution in [1.82, 2.24) is 5.48 Å². The zero-order valence-corrected chi connectivity index (χ0v) is 13.4. The molecule has 0 radical (unpaired) electrons. The monoisotopic (exact) mass is 333 g/mol. The molecule has 1 N–H and O–H groups in total. The average molecular weight is 334 g/mol. The lowest BCUT2D eigenvalue weighted by Gasteiger charge is -2.11. The van der Waals surface area contributed by atoms with E-state index in [1.54, 1.807) is 0 Å². The number of benzene rings is 1. The smallest absolute Gasteiger partial charge is 0.368 e. The van der Waals surface area contributed by atoms with Crippen LogP contribution < -0.4 is 10.2 Å². The molecule has 0 saturated heterocycles. The zero-order valence-electron chi connectivity index (χ0n) is 11.9. The van der Waals surface area contributed by atoms with Crippen LogP contribution in [0.1, 0.15) is 43.0 Å². The van der Waals surface area contributed by atoms with Crippen molar-refractivity contribution >= 4 is 35.1 Å². The van der Waals surface area contributed by atoms with Gasteiger partial charge in [0.25, 0.3) is 5.91 Å². The Morgan fingerprint density at radius 3 is 2.48 bits per heavy atom. The van der Waals surface area contributed by atoms with Gasteiger partial charge in [-0.25, -0.2) is 4.79 Å². The van der Waals surface area contributed by atoms with Crippen molar-refractivity contribution in [2.24, 2.45) is 0 Å². The second-order valence-electron chi connectivity index (χ2n) is 4.31. The quantitative estimate of drug-likeness (QED) is 0.635. The van der Waals surface area contributed by atoms with Crippen molar-refractivity contribution in [2.75, 3.05) is 7.11 Å². The molecule has 0 aromatic heterocycles. The molecule has 0 aliphatic carbocycles. The Kier molecular flexibility index (Phi) is 7.32. The normalized spacial score (nSPS) is 10.1. The predicted molar refractivity (Wildman–Crippen MR) is 80.7 cm³/mol. The van der Waals surface area contributed by atoms with Crippen molar-refractivity contribution < 1.29 is 19.2 Å². The van der Waals surface area contributed by atoms with Gasteiger partial charge >= 0.3 is 5.97 Å². The van der Waals surface area contributed by atoms with Gasteiger partial charge in [0.05, 0.1) is 17.2 Å². The van der Waals surface area contributed by atoms with E-state index in [4.69, 9.17) is 32.8 Å². The summed E-state index contributed by atoms with van der Waals surface area (Å²) < 4.78 is 5.03. The summed E-state index contributed by atoms with van der Waals surface area (Å²) in [4.78, 5) is 28.2. The number of unbranched alkanes of at least 4 members (excludes halogenated alkanes) is 2. The topological polar surface area (TPSA) is 64.6 Å². The van der Waals surface area contributed by atoms with Crippen LogP contribution in [0.4, 0.5) is 0 Å². The minimum absolute atomic E-state index is 0.0273. The maximum Gasteiger partial charge on any atom is 0.368 e. The van der Waals surface area contributed by atoms with Crippen molar-refractivity contribution in [3.63, 3.8) is 0 Å². The first-order valence-electron chi connectivity index (χ1n) is 6.53. The summed E-state index contributed by atoms with van der Waals surface area (Å²) in [6.45, 7) is 2.03. The van der Waals surface area contributed by atoms with E-state index >= 15 is 0 Å². The first kappa shape index (κ1) is 17.6. The summed E-state index contributed by atoms with van der Waals surface area (Å²) in [5.41, 5.74) is 2.06. The maximum atomic E-state index is 12.0. The van der Waals surface area contributed by atoms with Crippen molar-refractivity contribution in [2.45, 2.75) is 32.6 Å². The standard InChI is InChI=1S/C14H17Cl2NO4/c1-3-4-5-6-11(18)17-21-14(19)12-9(15)7-8-10(16)13(12)20-2/h7-8H,3-6H2,1-2H3,(H,17,18). The molecule has 0 atom stereocenters. The molecule has 0 aliphatic heterocycles. The molecule has 1 rings (SSSR count). The van der Waals surface area contributed by atoms with Crippen LogP contribution in [0.25, 0.3) is 0 Å². The van der Waals surface area contributed by atoms with Crippen molar-refractivity contribution in [3.05, 3.63) is 27.7 Å². The number of amides is 1. The highest BCUT2D eigenvalue weighted by Crippen LogP contribution is 2.34. The van der Waals surface area contributed by atoms with E-state index in [0.29, 0.717) is 6.42 Å². The number of methoxy groups -OCH3 is 1. The minimum atomic E-state index is -0.830. The molecule has 21 heavy (non-hydrogen) atoms. The molecule has 0 fully saturated rings. The molecule has 0 bridgehead atoms. The molecule has 1 aromatic carbocycles. The predicted octanol–water partition coefficient (Wildman–Crippen LogP) is 3.77. The summed E-state index contributed by atoms with van der Waals surface area (Å²) in [6.07, 6.45) is 2.97. The van der Waals surface area contributed by atoms with E-state index < -0.39 is 5.97 Å². The second kappa shape index (κ2) is 8.74. The Labute approximate surface area is 133 Å². The van der Waals surface area contributed by atoms with Crippen molar-refractivity contribution in [3.8, 4) is 5.75 Å². The van der Waals surface area contributed by atoms with Crippen LogP contribution in [-0.4, -0.2) is 19.0 Å². The Balaban J connectivity index is 2.68. The Morgan fingerprint density at radius 1 is 1.19 bits per heavy atom. The van der Waals surface area contributed by atoms with Crippen LogP contribution in [-0.2, 0) is 9.63 Å². The lowest BCUT2D eigenvalue weighted by molar-refractivity contribution is -0.130. The summed E-state index contributed by atoms with van der Waals surface area (Å²) in [6, 6.07) is 2.95. The molecule has 7 heteroatoms. The second-order valence-corrected chi connectivity index (χ2v) is 5.12. The first-order valence-corrected chi connectivity index (χ1v) is 7.28. The Bertz CT molecular complexity index is 520. The van der Waals surface area contributed by atoms with Gasteiger partial charge in [-0.05, 0) is 18.6 Å². The maximum absolute atomic E-state index is 12.0. The van der Waals surface area contributed by atoms with Gasteiger partial charge in [-0.2, -0.15) is 5.48 Å². The number of halogens is 2. The molecule has 116 valence electrons. The lowest BCUT2D eigenvalue weighted by Crippen LogP contribution is -2.27. The fourth-order valence-electron chi connectivity index (χ4n) is 1.66. The number of hydrogen-bond donors (Lipinski definition) is 1. The number of hydroxylamine groups is 1. The number of ether oxygens (including phenoxy) is 1. The lowest BCUT2D eigenvalue weighted by atomic mass is 10.2. The number of rotatable bonds is 6. The highest BCUT2D eigenvalue weighted by Gasteiger charge is 2.21. The minimum Gasteiger partial charge on any atom is -0.494 e. The van der Waals surface area contributed by atoms with Crippen LogP contribution in [0.5, 0.6) is 5.75 Å². The van der Waals surface area contributed by atoms with Gasteiger partial charge in [0, 0.05) is 6.42 Å². The molecular weight excluding hydrogens is 317 g/mol. The largest absolute Gasteiger partial charge is 0.494 e. The third kappa shape index (κ3) is 5.10. The molecule has 0 heterocycles. The van der Waals surface area contributed by atoms with Gasteiger partial charge in [-0.3, -0.25) is 4.79 Å². The Morgan fingerprint density at radius 2 is 1.86 bits per heavy atom. The average Bonchev–Trinajstić information content (AvgIpc) is 2.47. The summed E-state index contributed by atoms with van der Waals surface area (Å²) in [7, 11) is 1.36. The van der Waals surface area contributed by atoms with Gasteiger partial charge in [0.2, 0.25) is 0 Å². The van der Waals surface area contributed by atoms with Crippen LogP contribution in [0.15, 0.2) is 12.1 Å². The van der Waals surface area contributed by atoms with E-state index in [1.165, 1.54) is 19.2 Å². The zero-order chi connectivity index (χ0) is 15.8. The molecule has 1 amide bonds. The Hall–Kier alpha value is -1.46. The molecule has 0 spiro atoms. The van der Waals surface area contributed by atoms with Crippen LogP contribution in [0, 0.1) is 0 Å². The number of carbonyl (C=O) groups excluding carboxylic acids is 2. The first-order chi connectivity index (χ1) is 10.0. The third-order valence-electron chi connectivity index (χ3n) is 2.73. The molecule has 0 unspecified atom stereocenters. The highest BCUT2D eigenvalue weighted by molar-refractivity contribution is 6.37.